The Kier molecular flexibility index (Phi) is 6.96. The molecule has 0 amide bonds. The van der Waals surface area contributed by atoms with Gasteiger partial charge in [0.2, 0.25) is 11.8 Å². The summed E-state index contributed by atoms with van der Waals surface area (Å²) in [5.41, 5.74) is 9.42. The molecule has 11 rings (SSSR count). The lowest BCUT2D eigenvalue weighted by Crippen LogP contribution is -1.98. The smallest absolute Gasteiger partial charge is 0.248 e. The molecule has 258 valence electrons. The molecule has 7 heterocycles. The van der Waals surface area contributed by atoms with Crippen LogP contribution in [-0.2, 0) is 0 Å². The van der Waals surface area contributed by atoms with E-state index in [2.05, 4.69) is 90.0 Å². The molecule has 0 aliphatic rings. The van der Waals surface area contributed by atoms with Crippen molar-refractivity contribution in [3.8, 4) is 57.1 Å². The maximum atomic E-state index is 6.54. The number of fused-ring (bicyclic) bond motifs is 6. The quantitative estimate of drug-likeness (QED) is 0.169. The van der Waals surface area contributed by atoms with E-state index in [1.165, 1.54) is 0 Å². The van der Waals surface area contributed by atoms with E-state index in [1.807, 2.05) is 97.3 Å². The summed E-state index contributed by atoms with van der Waals surface area (Å²) >= 11 is 0. The molecule has 7 aromatic heterocycles. The maximum absolute atomic E-state index is 6.54. The SMILES string of the molecule is c1cncc(-c2cccc(-n3c4ccccc4c4cc(-c5nnc(-c6cccc7c6c6ccccc6n7-c6cccc(-c7cccnc7)n6)o5)ccc43)n2)c1. The standard InChI is InChI=1S/C46H28N8O/c1-3-17-38-32(12-1)35-26-29(22-23-40(35)53(38)42-20-6-15-36(49-42)30-10-8-24-47-27-30)45-51-52-46(55-45)34-14-5-19-41-44(34)33-13-2-4-18-39(33)54(41)43-21-7-16-37(50-43)31-11-9-25-48-28-31/h1-28H. The highest BCUT2D eigenvalue weighted by molar-refractivity contribution is 6.15. The van der Waals surface area contributed by atoms with Gasteiger partial charge in [0.05, 0.1) is 33.5 Å². The van der Waals surface area contributed by atoms with Gasteiger partial charge >= 0.3 is 0 Å². The van der Waals surface area contributed by atoms with Gasteiger partial charge in [-0.15, -0.1) is 10.2 Å². The summed E-state index contributed by atoms with van der Waals surface area (Å²) in [7, 11) is 0. The van der Waals surface area contributed by atoms with Crippen LogP contribution in [0.2, 0.25) is 0 Å². The first-order valence-electron chi connectivity index (χ1n) is 17.9. The van der Waals surface area contributed by atoms with Crippen LogP contribution in [0.15, 0.2) is 175 Å². The molecule has 0 aliphatic carbocycles. The minimum atomic E-state index is 0.442. The molecule has 0 atom stereocenters. The van der Waals surface area contributed by atoms with Crippen molar-refractivity contribution in [1.82, 2.24) is 39.3 Å². The van der Waals surface area contributed by atoms with E-state index in [-0.39, 0.29) is 0 Å². The zero-order valence-corrected chi connectivity index (χ0v) is 29.2. The van der Waals surface area contributed by atoms with Gasteiger partial charge < -0.3 is 4.42 Å². The second kappa shape index (κ2) is 12.4. The third-order valence-electron chi connectivity index (χ3n) is 10.1. The van der Waals surface area contributed by atoms with E-state index >= 15 is 0 Å². The second-order valence-electron chi connectivity index (χ2n) is 13.3. The van der Waals surface area contributed by atoms with Crippen molar-refractivity contribution in [2.45, 2.75) is 0 Å². The molecule has 0 fully saturated rings. The average molecular weight is 709 g/mol. The molecule has 4 aromatic carbocycles. The summed E-state index contributed by atoms with van der Waals surface area (Å²) in [6.07, 6.45) is 7.21. The second-order valence-corrected chi connectivity index (χ2v) is 13.3. The van der Waals surface area contributed by atoms with E-state index < -0.39 is 0 Å². The third kappa shape index (κ3) is 5.02. The summed E-state index contributed by atoms with van der Waals surface area (Å²) in [6, 6.07) is 49.2. The number of hydrogen-bond acceptors (Lipinski definition) is 7. The largest absolute Gasteiger partial charge is 0.416 e. The van der Waals surface area contributed by atoms with Crippen molar-refractivity contribution in [2.75, 3.05) is 0 Å². The van der Waals surface area contributed by atoms with Crippen LogP contribution in [0.1, 0.15) is 0 Å². The molecule has 11 aromatic rings. The summed E-state index contributed by atoms with van der Waals surface area (Å²) < 4.78 is 10.9. The summed E-state index contributed by atoms with van der Waals surface area (Å²) in [4.78, 5) is 18.7. The number of pyridine rings is 4. The Hall–Kier alpha value is -7.78. The molecule has 55 heavy (non-hydrogen) atoms. The zero-order valence-electron chi connectivity index (χ0n) is 29.2. The van der Waals surface area contributed by atoms with Gasteiger partial charge in [-0.25, -0.2) is 9.97 Å². The van der Waals surface area contributed by atoms with E-state index in [0.29, 0.717) is 11.8 Å². The highest BCUT2D eigenvalue weighted by Gasteiger charge is 2.21. The first kappa shape index (κ1) is 30.8. The van der Waals surface area contributed by atoms with Gasteiger partial charge in [-0.3, -0.25) is 19.1 Å². The van der Waals surface area contributed by atoms with E-state index in [9.17, 15) is 0 Å². The molecule has 0 N–H and O–H groups in total. The van der Waals surface area contributed by atoms with E-state index in [1.54, 1.807) is 12.4 Å². The van der Waals surface area contributed by atoms with Crippen molar-refractivity contribution in [3.05, 3.63) is 170 Å². The van der Waals surface area contributed by atoms with Crippen LogP contribution >= 0.6 is 0 Å². The van der Waals surface area contributed by atoms with Gasteiger partial charge in [0.1, 0.15) is 11.6 Å². The lowest BCUT2D eigenvalue weighted by Gasteiger charge is -2.09. The highest BCUT2D eigenvalue weighted by atomic mass is 16.4. The van der Waals surface area contributed by atoms with Gasteiger partial charge in [0.15, 0.2) is 0 Å². The van der Waals surface area contributed by atoms with Crippen molar-refractivity contribution in [3.63, 3.8) is 0 Å². The van der Waals surface area contributed by atoms with Gasteiger partial charge in [-0.1, -0.05) is 54.6 Å². The maximum Gasteiger partial charge on any atom is 0.248 e. The van der Waals surface area contributed by atoms with Gasteiger partial charge in [0.25, 0.3) is 0 Å². The predicted molar refractivity (Wildman–Crippen MR) is 216 cm³/mol. The molecule has 0 unspecified atom stereocenters. The average Bonchev–Trinajstić information content (AvgIpc) is 3.98. The lowest BCUT2D eigenvalue weighted by atomic mass is 10.1. The number of benzene rings is 4. The Labute approximate surface area is 313 Å². The van der Waals surface area contributed by atoms with Crippen molar-refractivity contribution in [2.24, 2.45) is 0 Å². The van der Waals surface area contributed by atoms with Gasteiger partial charge in [-0.2, -0.15) is 0 Å². The Morgan fingerprint density at radius 3 is 1.69 bits per heavy atom. The van der Waals surface area contributed by atoms with Crippen LogP contribution in [0.3, 0.4) is 0 Å². The monoisotopic (exact) mass is 708 g/mol. The topological polar surface area (TPSA) is 100 Å². The fourth-order valence-corrected chi connectivity index (χ4v) is 7.69. The van der Waals surface area contributed by atoms with Crippen LogP contribution in [0.25, 0.3) is 101 Å². The summed E-state index contributed by atoms with van der Waals surface area (Å²) in [5, 5.41) is 13.5. The molecule has 0 radical (unpaired) electrons. The third-order valence-corrected chi connectivity index (χ3v) is 10.1. The zero-order chi connectivity index (χ0) is 36.3. The van der Waals surface area contributed by atoms with Crippen LogP contribution in [-0.4, -0.2) is 39.3 Å². The first-order valence-corrected chi connectivity index (χ1v) is 17.9. The van der Waals surface area contributed by atoms with Gasteiger partial charge in [-0.05, 0) is 91.0 Å². The lowest BCUT2D eigenvalue weighted by molar-refractivity contribution is 0.585. The summed E-state index contributed by atoms with van der Waals surface area (Å²) in [5.74, 6) is 2.52. The van der Waals surface area contributed by atoms with Crippen molar-refractivity contribution < 1.29 is 4.42 Å². The van der Waals surface area contributed by atoms with Gasteiger partial charge in [0, 0.05) is 68.6 Å². The Bertz CT molecular complexity index is 3220. The Morgan fingerprint density at radius 1 is 0.418 bits per heavy atom. The molecule has 9 nitrogen and oxygen atoms in total. The normalized spacial score (nSPS) is 11.6. The molecule has 0 aliphatic heterocycles. The number of aromatic nitrogens is 8. The summed E-state index contributed by atoms with van der Waals surface area (Å²) in [6.45, 7) is 0. The molecule has 0 saturated carbocycles. The molecular formula is C46H28N8O. The van der Waals surface area contributed by atoms with Crippen LogP contribution < -0.4 is 0 Å². The highest BCUT2D eigenvalue weighted by Crippen LogP contribution is 2.40. The van der Waals surface area contributed by atoms with Crippen LogP contribution in [0.5, 0.6) is 0 Å². The Morgan fingerprint density at radius 2 is 1.00 bits per heavy atom. The van der Waals surface area contributed by atoms with Crippen LogP contribution in [0, 0.1) is 0 Å². The fourth-order valence-electron chi connectivity index (χ4n) is 7.69. The molecule has 9 heteroatoms. The minimum Gasteiger partial charge on any atom is -0.416 e. The fraction of sp³-hybridized carbons (Fsp3) is 0. The predicted octanol–water partition coefficient (Wildman–Crippen LogP) is 10.5. The van der Waals surface area contributed by atoms with Crippen LogP contribution in [0.4, 0.5) is 0 Å². The van der Waals surface area contributed by atoms with Crippen molar-refractivity contribution in [1.29, 1.82) is 0 Å². The number of hydrogen-bond donors (Lipinski definition) is 0. The van der Waals surface area contributed by atoms with E-state index in [0.717, 1.165) is 88.9 Å². The number of para-hydroxylation sites is 2. The Balaban J connectivity index is 1.02. The first-order chi connectivity index (χ1) is 27.3. The van der Waals surface area contributed by atoms with Crippen molar-refractivity contribution >= 4 is 43.6 Å². The molecule has 0 saturated heterocycles. The molecule has 0 bridgehead atoms. The van der Waals surface area contributed by atoms with E-state index in [4.69, 9.17) is 14.4 Å². The molecular weight excluding hydrogens is 681 g/mol. The number of rotatable bonds is 6. The number of nitrogens with zero attached hydrogens (tertiary/aromatic N) is 8. The molecule has 0 spiro atoms. The minimum absolute atomic E-state index is 0.442.